The first-order chi connectivity index (χ1) is 12.9. The van der Waals surface area contributed by atoms with Crippen molar-refractivity contribution >= 4 is 23.5 Å². The van der Waals surface area contributed by atoms with Crippen LogP contribution < -0.4 is 10.6 Å². The highest BCUT2D eigenvalue weighted by Gasteiger charge is 2.45. The van der Waals surface area contributed by atoms with Gasteiger partial charge in [0.2, 0.25) is 11.8 Å². The van der Waals surface area contributed by atoms with Gasteiger partial charge in [-0.3, -0.25) is 14.4 Å². The molecule has 2 aromatic carbocycles. The first-order valence-electron chi connectivity index (χ1n) is 8.81. The van der Waals surface area contributed by atoms with Gasteiger partial charge in [0.15, 0.2) is 0 Å². The zero-order valence-corrected chi connectivity index (χ0v) is 15.1. The summed E-state index contributed by atoms with van der Waals surface area (Å²) in [7, 11) is 0. The molecule has 3 rings (SSSR count). The number of carboxylic acid groups (broad SMARTS) is 1. The van der Waals surface area contributed by atoms with Crippen molar-refractivity contribution in [2.24, 2.45) is 5.41 Å². The molecule has 1 aliphatic carbocycles. The minimum absolute atomic E-state index is 0.0787. The van der Waals surface area contributed by atoms with E-state index in [-0.39, 0.29) is 18.2 Å². The van der Waals surface area contributed by atoms with Gasteiger partial charge in [0, 0.05) is 25.6 Å². The van der Waals surface area contributed by atoms with Crippen LogP contribution in [-0.4, -0.2) is 22.9 Å². The monoisotopic (exact) mass is 366 g/mol. The Morgan fingerprint density at radius 2 is 1.59 bits per heavy atom. The molecule has 1 aliphatic rings. The Labute approximate surface area is 157 Å². The maximum atomic E-state index is 12.5. The summed E-state index contributed by atoms with van der Waals surface area (Å²) in [6, 6.07) is 14.7. The summed E-state index contributed by atoms with van der Waals surface area (Å²) in [5, 5.41) is 15.3. The lowest BCUT2D eigenvalue weighted by atomic mass is 9.81. The predicted molar refractivity (Wildman–Crippen MR) is 101 cm³/mol. The van der Waals surface area contributed by atoms with Crippen LogP contribution in [0.15, 0.2) is 48.5 Å². The van der Waals surface area contributed by atoms with Crippen molar-refractivity contribution < 1.29 is 19.5 Å². The molecule has 27 heavy (non-hydrogen) atoms. The third-order valence-electron chi connectivity index (χ3n) is 4.91. The fourth-order valence-electron chi connectivity index (χ4n) is 3.49. The quantitative estimate of drug-likeness (QED) is 0.732. The van der Waals surface area contributed by atoms with Crippen molar-refractivity contribution in [1.29, 1.82) is 0 Å². The molecule has 3 N–H and O–H groups in total. The fraction of sp³-hybridized carbons (Fsp3) is 0.286. The molecule has 0 saturated heterocycles. The van der Waals surface area contributed by atoms with Gasteiger partial charge in [-0.2, -0.15) is 0 Å². The number of rotatable bonds is 6. The molecular formula is C21H22N2O4. The summed E-state index contributed by atoms with van der Waals surface area (Å²) < 4.78 is 0. The van der Waals surface area contributed by atoms with Gasteiger partial charge in [-0.05, 0) is 41.7 Å². The van der Waals surface area contributed by atoms with Gasteiger partial charge < -0.3 is 15.7 Å². The van der Waals surface area contributed by atoms with Gasteiger partial charge in [0.05, 0.1) is 5.41 Å². The topological polar surface area (TPSA) is 95.5 Å². The number of carboxylic acids is 1. The summed E-state index contributed by atoms with van der Waals surface area (Å²) in [5.41, 5.74) is 2.41. The molecular weight excluding hydrogens is 344 g/mol. The number of carbonyl (C=O) groups is 3. The summed E-state index contributed by atoms with van der Waals surface area (Å²) in [6.07, 6.45) is 0.647. The van der Waals surface area contributed by atoms with Crippen molar-refractivity contribution in [2.45, 2.75) is 32.7 Å². The Morgan fingerprint density at radius 1 is 1.00 bits per heavy atom. The molecule has 0 heterocycles. The Kier molecular flexibility index (Phi) is 5.26. The molecule has 6 nitrogen and oxygen atoms in total. The lowest BCUT2D eigenvalue weighted by Gasteiger charge is -2.23. The van der Waals surface area contributed by atoms with Crippen molar-refractivity contribution in [3.63, 3.8) is 0 Å². The van der Waals surface area contributed by atoms with Crippen molar-refractivity contribution in [3.8, 4) is 0 Å². The molecule has 0 aromatic heterocycles. The largest absolute Gasteiger partial charge is 0.481 e. The summed E-state index contributed by atoms with van der Waals surface area (Å²) in [5.74, 6) is -1.37. The second-order valence-electron chi connectivity index (χ2n) is 7.04. The Hall–Kier alpha value is -3.15. The standard InChI is InChI=1S/C21H22N2O4/c1-14(24)22-13-15-6-8-18(9-7-15)23-19(25)12-21(20(26)27)10-16-4-2-3-5-17(16)11-21/h2-9H,10-13H2,1H3,(H,22,24)(H,23,25)(H,26,27). The molecule has 0 bridgehead atoms. The van der Waals surface area contributed by atoms with Crippen LogP contribution >= 0.6 is 0 Å². The lowest BCUT2D eigenvalue weighted by Crippen LogP contribution is -2.36. The van der Waals surface area contributed by atoms with Crippen LogP contribution in [0.3, 0.4) is 0 Å². The predicted octanol–water partition coefficient (Wildman–Crippen LogP) is 2.52. The van der Waals surface area contributed by atoms with Crippen LogP contribution in [-0.2, 0) is 33.8 Å². The van der Waals surface area contributed by atoms with E-state index in [4.69, 9.17) is 0 Å². The number of carbonyl (C=O) groups excluding carboxylic acids is 2. The average molecular weight is 366 g/mol. The second-order valence-corrected chi connectivity index (χ2v) is 7.04. The van der Waals surface area contributed by atoms with E-state index < -0.39 is 11.4 Å². The Balaban J connectivity index is 1.64. The van der Waals surface area contributed by atoms with Crippen LogP contribution in [0.2, 0.25) is 0 Å². The van der Waals surface area contributed by atoms with E-state index in [0.29, 0.717) is 25.1 Å². The zero-order valence-electron chi connectivity index (χ0n) is 15.1. The molecule has 0 atom stereocenters. The maximum absolute atomic E-state index is 12.5. The van der Waals surface area contributed by atoms with E-state index in [1.807, 2.05) is 36.4 Å². The van der Waals surface area contributed by atoms with Gasteiger partial charge in [-0.15, -0.1) is 0 Å². The fourth-order valence-corrected chi connectivity index (χ4v) is 3.49. The molecule has 6 heteroatoms. The molecule has 0 unspecified atom stereocenters. The Bertz CT molecular complexity index is 849. The highest BCUT2D eigenvalue weighted by molar-refractivity contribution is 5.94. The SMILES string of the molecule is CC(=O)NCc1ccc(NC(=O)CC2(C(=O)O)Cc3ccccc3C2)cc1. The number of benzene rings is 2. The summed E-state index contributed by atoms with van der Waals surface area (Å²) >= 11 is 0. The summed E-state index contributed by atoms with van der Waals surface area (Å²) in [6.45, 7) is 1.87. The molecule has 2 amide bonds. The molecule has 2 aromatic rings. The second kappa shape index (κ2) is 7.61. The third kappa shape index (κ3) is 4.34. The number of aliphatic carboxylic acids is 1. The van der Waals surface area contributed by atoms with E-state index in [2.05, 4.69) is 10.6 Å². The van der Waals surface area contributed by atoms with Gasteiger partial charge in [0.25, 0.3) is 0 Å². The van der Waals surface area contributed by atoms with E-state index in [1.165, 1.54) is 6.92 Å². The van der Waals surface area contributed by atoms with Crippen molar-refractivity contribution in [1.82, 2.24) is 5.32 Å². The van der Waals surface area contributed by atoms with E-state index in [0.717, 1.165) is 16.7 Å². The molecule has 0 fully saturated rings. The molecule has 140 valence electrons. The molecule has 0 spiro atoms. The number of hydrogen-bond donors (Lipinski definition) is 3. The Morgan fingerprint density at radius 3 is 2.11 bits per heavy atom. The lowest BCUT2D eigenvalue weighted by molar-refractivity contribution is -0.150. The van der Waals surface area contributed by atoms with Crippen LogP contribution in [0.1, 0.15) is 30.0 Å². The maximum Gasteiger partial charge on any atom is 0.310 e. The van der Waals surface area contributed by atoms with Gasteiger partial charge in [-0.25, -0.2) is 0 Å². The number of hydrogen-bond acceptors (Lipinski definition) is 3. The normalized spacial score (nSPS) is 14.3. The minimum Gasteiger partial charge on any atom is -0.481 e. The highest BCUT2D eigenvalue weighted by atomic mass is 16.4. The van der Waals surface area contributed by atoms with Crippen LogP contribution in [0.4, 0.5) is 5.69 Å². The van der Waals surface area contributed by atoms with Crippen molar-refractivity contribution in [3.05, 3.63) is 65.2 Å². The smallest absolute Gasteiger partial charge is 0.310 e. The van der Waals surface area contributed by atoms with Gasteiger partial charge in [-0.1, -0.05) is 36.4 Å². The first-order valence-corrected chi connectivity index (χ1v) is 8.81. The third-order valence-corrected chi connectivity index (χ3v) is 4.91. The van der Waals surface area contributed by atoms with E-state index in [1.54, 1.807) is 12.1 Å². The first kappa shape index (κ1) is 18.6. The van der Waals surface area contributed by atoms with E-state index in [9.17, 15) is 19.5 Å². The molecule has 0 aliphatic heterocycles. The van der Waals surface area contributed by atoms with Crippen LogP contribution in [0.5, 0.6) is 0 Å². The summed E-state index contributed by atoms with van der Waals surface area (Å²) in [4.78, 5) is 35.4. The number of nitrogens with one attached hydrogen (secondary N) is 2. The van der Waals surface area contributed by atoms with Gasteiger partial charge in [0.1, 0.15) is 0 Å². The molecule has 0 radical (unpaired) electrons. The molecule has 0 saturated carbocycles. The number of anilines is 1. The van der Waals surface area contributed by atoms with Crippen LogP contribution in [0, 0.1) is 5.41 Å². The zero-order chi connectivity index (χ0) is 19.4. The van der Waals surface area contributed by atoms with Crippen molar-refractivity contribution in [2.75, 3.05) is 5.32 Å². The number of amides is 2. The number of fused-ring (bicyclic) bond motifs is 1. The average Bonchev–Trinajstić information content (AvgIpc) is 3.00. The van der Waals surface area contributed by atoms with Gasteiger partial charge >= 0.3 is 5.97 Å². The minimum atomic E-state index is -1.10. The van der Waals surface area contributed by atoms with E-state index >= 15 is 0 Å². The van der Waals surface area contributed by atoms with Crippen LogP contribution in [0.25, 0.3) is 0 Å². The highest BCUT2D eigenvalue weighted by Crippen LogP contribution is 2.40.